The molecule has 0 radical (unpaired) electrons. The Kier molecular flexibility index (Phi) is 5.14. The van der Waals surface area contributed by atoms with E-state index in [4.69, 9.17) is 15.6 Å². The number of carbonyl (C=O) groups is 2. The van der Waals surface area contributed by atoms with E-state index in [2.05, 4.69) is 0 Å². The summed E-state index contributed by atoms with van der Waals surface area (Å²) in [5, 5.41) is 8.66. The van der Waals surface area contributed by atoms with E-state index in [1.165, 1.54) is 18.2 Å². The van der Waals surface area contributed by atoms with Gasteiger partial charge in [0.25, 0.3) is 5.91 Å². The molecule has 1 amide bonds. The van der Waals surface area contributed by atoms with E-state index < -0.39 is 30.1 Å². The van der Waals surface area contributed by atoms with Gasteiger partial charge in [-0.25, -0.2) is 13.6 Å². The third kappa shape index (κ3) is 3.95. The van der Waals surface area contributed by atoms with Crippen LogP contribution in [-0.2, 0) is 4.79 Å². The topological polar surface area (TPSA) is 89.6 Å². The Morgan fingerprint density at radius 2 is 1.91 bits per heavy atom. The highest BCUT2D eigenvalue weighted by Crippen LogP contribution is 2.33. The van der Waals surface area contributed by atoms with Crippen LogP contribution < -0.4 is 10.5 Å². The molecular formula is C15H10F2INO4. The second-order valence-corrected chi connectivity index (χ2v) is 5.67. The van der Waals surface area contributed by atoms with Crippen LogP contribution in [-0.4, -0.2) is 23.6 Å². The predicted octanol–water partition coefficient (Wildman–Crippen LogP) is 2.80. The lowest BCUT2D eigenvalue weighted by Crippen LogP contribution is -2.17. The van der Waals surface area contributed by atoms with Crippen molar-refractivity contribution in [2.45, 2.75) is 0 Å². The van der Waals surface area contributed by atoms with Gasteiger partial charge in [-0.1, -0.05) is 0 Å². The van der Waals surface area contributed by atoms with Gasteiger partial charge in [0.15, 0.2) is 6.61 Å². The van der Waals surface area contributed by atoms with Crippen LogP contribution in [0, 0.1) is 15.2 Å². The molecule has 2 aromatic carbocycles. The molecule has 0 fully saturated rings. The minimum Gasteiger partial charge on any atom is -0.480 e. The molecule has 3 N–H and O–H groups in total. The Morgan fingerprint density at radius 1 is 1.22 bits per heavy atom. The minimum absolute atomic E-state index is 0.00627. The Hall–Kier alpha value is -2.23. The van der Waals surface area contributed by atoms with Crippen molar-refractivity contribution >= 4 is 34.5 Å². The molecule has 2 rings (SSSR count). The van der Waals surface area contributed by atoms with E-state index in [0.717, 1.165) is 12.1 Å². The summed E-state index contributed by atoms with van der Waals surface area (Å²) < 4.78 is 32.3. The monoisotopic (exact) mass is 433 g/mol. The van der Waals surface area contributed by atoms with Crippen molar-refractivity contribution in [2.75, 3.05) is 6.61 Å². The van der Waals surface area contributed by atoms with Gasteiger partial charge >= 0.3 is 5.97 Å². The largest absolute Gasteiger partial charge is 0.480 e. The molecule has 0 bridgehead atoms. The van der Waals surface area contributed by atoms with Crippen molar-refractivity contribution in [1.82, 2.24) is 0 Å². The molecule has 0 aromatic heterocycles. The fraction of sp³-hybridized carbons (Fsp3) is 0.0667. The molecule has 23 heavy (non-hydrogen) atoms. The lowest BCUT2D eigenvalue weighted by molar-refractivity contribution is -0.139. The van der Waals surface area contributed by atoms with Gasteiger partial charge < -0.3 is 15.6 Å². The first-order valence-corrected chi connectivity index (χ1v) is 7.31. The van der Waals surface area contributed by atoms with Crippen LogP contribution in [0.5, 0.6) is 5.75 Å². The van der Waals surface area contributed by atoms with Crippen molar-refractivity contribution < 1.29 is 28.2 Å². The first kappa shape index (κ1) is 17.1. The van der Waals surface area contributed by atoms with Gasteiger partial charge in [0.2, 0.25) is 0 Å². The van der Waals surface area contributed by atoms with E-state index in [9.17, 15) is 18.4 Å². The summed E-state index contributed by atoms with van der Waals surface area (Å²) in [6, 6.07) is 5.81. The van der Waals surface area contributed by atoms with Gasteiger partial charge in [-0.2, -0.15) is 0 Å². The fourth-order valence-corrected chi connectivity index (χ4v) is 2.72. The number of carboxylic acid groups (broad SMARTS) is 1. The molecule has 0 atom stereocenters. The Bertz CT molecular complexity index is 795. The number of nitrogens with two attached hydrogens (primary N) is 1. The standard InChI is InChI=1S/C15H10F2INO4/c16-8-1-2-9(11(17)5-8)7-3-10(15(19)22)14(12(18)4-7)23-6-13(20)21/h1-5H,6H2,(H2,19,22)(H,20,21). The molecule has 0 saturated carbocycles. The van der Waals surface area contributed by atoms with Crippen LogP contribution >= 0.6 is 22.6 Å². The highest BCUT2D eigenvalue weighted by Gasteiger charge is 2.18. The fourth-order valence-electron chi connectivity index (χ4n) is 1.94. The average Bonchev–Trinajstić information content (AvgIpc) is 2.44. The number of hydrogen-bond acceptors (Lipinski definition) is 3. The van der Waals surface area contributed by atoms with Gasteiger partial charge in [0.05, 0.1) is 9.13 Å². The van der Waals surface area contributed by atoms with E-state index in [1.54, 1.807) is 0 Å². The summed E-state index contributed by atoms with van der Waals surface area (Å²) in [5.41, 5.74) is 5.56. The van der Waals surface area contributed by atoms with E-state index in [1.807, 2.05) is 22.6 Å². The maximum absolute atomic E-state index is 13.9. The molecule has 0 unspecified atom stereocenters. The van der Waals surface area contributed by atoms with Crippen LogP contribution in [0.2, 0.25) is 0 Å². The lowest BCUT2D eigenvalue weighted by Gasteiger charge is -2.13. The summed E-state index contributed by atoms with van der Waals surface area (Å²) >= 11 is 1.81. The molecule has 0 aliphatic rings. The maximum atomic E-state index is 13.9. The summed E-state index contributed by atoms with van der Waals surface area (Å²) in [6.07, 6.45) is 0. The molecule has 0 heterocycles. The zero-order valence-corrected chi connectivity index (χ0v) is 13.6. The number of primary amides is 1. The van der Waals surface area contributed by atoms with E-state index in [0.29, 0.717) is 9.13 Å². The Labute approximate surface area is 143 Å². The van der Waals surface area contributed by atoms with Crippen LogP contribution in [0.1, 0.15) is 10.4 Å². The number of aliphatic carboxylic acids is 1. The molecule has 0 aliphatic carbocycles. The van der Waals surface area contributed by atoms with Gasteiger partial charge in [-0.05, 0) is 52.4 Å². The zero-order chi connectivity index (χ0) is 17.1. The SMILES string of the molecule is NC(=O)c1cc(-c2ccc(F)cc2F)cc(I)c1OCC(=O)O. The average molecular weight is 433 g/mol. The molecule has 0 saturated heterocycles. The van der Waals surface area contributed by atoms with Gasteiger partial charge in [0, 0.05) is 11.6 Å². The second-order valence-electron chi connectivity index (χ2n) is 4.51. The highest BCUT2D eigenvalue weighted by molar-refractivity contribution is 14.1. The first-order valence-electron chi connectivity index (χ1n) is 6.23. The molecule has 0 aliphatic heterocycles. The van der Waals surface area contributed by atoms with Crippen LogP contribution in [0.3, 0.4) is 0 Å². The number of hydrogen-bond donors (Lipinski definition) is 2. The van der Waals surface area contributed by atoms with Gasteiger partial charge in [-0.3, -0.25) is 4.79 Å². The van der Waals surface area contributed by atoms with Crippen molar-refractivity contribution in [1.29, 1.82) is 0 Å². The number of benzene rings is 2. The third-order valence-corrected chi connectivity index (χ3v) is 3.69. The zero-order valence-electron chi connectivity index (χ0n) is 11.5. The van der Waals surface area contributed by atoms with Crippen molar-refractivity contribution in [3.05, 3.63) is 51.1 Å². The second kappa shape index (κ2) is 6.90. The molecule has 0 spiro atoms. The number of carbonyl (C=O) groups excluding carboxylic acids is 1. The highest BCUT2D eigenvalue weighted by atomic mass is 127. The molecule has 120 valence electrons. The number of ether oxygens (including phenoxy) is 1. The number of rotatable bonds is 5. The normalized spacial score (nSPS) is 10.4. The Morgan fingerprint density at radius 3 is 2.48 bits per heavy atom. The quantitative estimate of drug-likeness (QED) is 0.710. The van der Waals surface area contributed by atoms with Gasteiger partial charge in [-0.15, -0.1) is 0 Å². The predicted molar refractivity (Wildman–Crippen MR) is 86.2 cm³/mol. The minimum atomic E-state index is -1.22. The van der Waals surface area contributed by atoms with Crippen molar-refractivity contribution in [3.8, 4) is 16.9 Å². The summed E-state index contributed by atoms with van der Waals surface area (Å²) in [5.74, 6) is -3.59. The smallest absolute Gasteiger partial charge is 0.341 e. The summed E-state index contributed by atoms with van der Waals surface area (Å²) in [4.78, 5) is 22.2. The number of halogens is 3. The van der Waals surface area contributed by atoms with Crippen molar-refractivity contribution in [2.24, 2.45) is 5.73 Å². The van der Waals surface area contributed by atoms with Crippen LogP contribution in [0.4, 0.5) is 8.78 Å². The number of amides is 1. The lowest BCUT2D eigenvalue weighted by atomic mass is 10.0. The molecule has 5 nitrogen and oxygen atoms in total. The van der Waals surface area contributed by atoms with Crippen LogP contribution in [0.15, 0.2) is 30.3 Å². The van der Waals surface area contributed by atoms with E-state index in [-0.39, 0.29) is 16.9 Å². The van der Waals surface area contributed by atoms with Crippen LogP contribution in [0.25, 0.3) is 11.1 Å². The van der Waals surface area contributed by atoms with E-state index >= 15 is 0 Å². The Balaban J connectivity index is 2.55. The summed E-state index contributed by atoms with van der Waals surface area (Å²) in [7, 11) is 0. The first-order chi connectivity index (χ1) is 10.8. The van der Waals surface area contributed by atoms with Gasteiger partial charge in [0.1, 0.15) is 17.4 Å². The molecular weight excluding hydrogens is 423 g/mol. The summed E-state index contributed by atoms with van der Waals surface area (Å²) in [6.45, 7) is -0.652. The molecule has 8 heteroatoms. The third-order valence-electron chi connectivity index (χ3n) is 2.89. The molecule has 2 aromatic rings. The van der Waals surface area contributed by atoms with Crippen molar-refractivity contribution in [3.63, 3.8) is 0 Å². The maximum Gasteiger partial charge on any atom is 0.341 e. The number of carboxylic acids is 1.